The van der Waals surface area contributed by atoms with Gasteiger partial charge in [0.2, 0.25) is 5.91 Å². The summed E-state index contributed by atoms with van der Waals surface area (Å²) in [4.78, 5) is 30.8. The molecule has 0 saturated carbocycles. The number of hydrogen-bond donors (Lipinski definition) is 1. The van der Waals surface area contributed by atoms with E-state index in [1.165, 1.54) is 0 Å². The van der Waals surface area contributed by atoms with E-state index in [4.69, 9.17) is 4.98 Å². The molecule has 142 valence electrons. The zero-order valence-electron chi connectivity index (χ0n) is 15.9. The summed E-state index contributed by atoms with van der Waals surface area (Å²) in [6.07, 6.45) is 0.344. The highest BCUT2D eigenvalue weighted by molar-refractivity contribution is 6.03. The number of carbonyl (C=O) groups excluding carboxylic acids is 1. The third-order valence-electron chi connectivity index (χ3n) is 5.43. The van der Waals surface area contributed by atoms with Crippen LogP contribution in [0.15, 0.2) is 77.6 Å². The van der Waals surface area contributed by atoms with Crippen molar-refractivity contribution in [3.8, 4) is 5.69 Å². The summed E-state index contributed by atoms with van der Waals surface area (Å²) in [5, 5.41) is 3.50. The van der Waals surface area contributed by atoms with Crippen LogP contribution in [0.3, 0.4) is 0 Å². The Morgan fingerprint density at radius 1 is 0.931 bits per heavy atom. The number of nitrogens with one attached hydrogen (secondary N) is 1. The fraction of sp³-hybridized carbons (Fsp3) is 0.125. The van der Waals surface area contributed by atoms with Crippen molar-refractivity contribution in [2.45, 2.75) is 19.3 Å². The van der Waals surface area contributed by atoms with Gasteiger partial charge in [-0.05, 0) is 42.8 Å². The average Bonchev–Trinajstić information content (AvgIpc) is 3.05. The van der Waals surface area contributed by atoms with Crippen molar-refractivity contribution in [3.63, 3.8) is 0 Å². The Morgan fingerprint density at radius 3 is 2.48 bits per heavy atom. The molecule has 5 nitrogen and oxygen atoms in total. The fourth-order valence-electron chi connectivity index (χ4n) is 3.94. The van der Waals surface area contributed by atoms with Crippen LogP contribution < -0.4 is 10.9 Å². The minimum atomic E-state index is -0.379. The van der Waals surface area contributed by atoms with Gasteiger partial charge in [0.15, 0.2) is 0 Å². The number of benzene rings is 3. The summed E-state index contributed by atoms with van der Waals surface area (Å²) in [5.74, 6) is 0.134. The quantitative estimate of drug-likeness (QED) is 0.584. The van der Waals surface area contributed by atoms with Crippen molar-refractivity contribution in [2.75, 3.05) is 5.32 Å². The lowest BCUT2D eigenvalue weighted by Crippen LogP contribution is -2.26. The number of fused-ring (bicyclic) bond motifs is 2. The number of amides is 1. The Hall–Kier alpha value is -3.73. The van der Waals surface area contributed by atoms with Crippen LogP contribution >= 0.6 is 0 Å². The number of carbonyl (C=O) groups is 1. The van der Waals surface area contributed by atoms with E-state index in [0.29, 0.717) is 23.1 Å². The molecular weight excluding hydrogens is 362 g/mol. The Kier molecular flexibility index (Phi) is 4.02. The number of aromatic nitrogens is 2. The van der Waals surface area contributed by atoms with E-state index in [0.717, 1.165) is 22.5 Å². The Balaban J connectivity index is 1.71. The predicted molar refractivity (Wildman–Crippen MR) is 114 cm³/mol. The van der Waals surface area contributed by atoms with Crippen molar-refractivity contribution in [1.82, 2.24) is 9.55 Å². The molecule has 0 fully saturated rings. The highest BCUT2D eigenvalue weighted by Gasteiger charge is 2.31. The molecule has 0 unspecified atom stereocenters. The van der Waals surface area contributed by atoms with Gasteiger partial charge in [0.25, 0.3) is 5.56 Å². The highest BCUT2D eigenvalue weighted by Crippen LogP contribution is 2.34. The van der Waals surface area contributed by atoms with Crippen molar-refractivity contribution >= 4 is 22.5 Å². The lowest BCUT2D eigenvalue weighted by Gasteiger charge is -2.16. The molecule has 5 heteroatoms. The molecular formula is C24H19N3O2. The average molecular weight is 381 g/mol. The molecule has 5 rings (SSSR count). The van der Waals surface area contributed by atoms with Gasteiger partial charge in [0.05, 0.1) is 22.5 Å². The van der Waals surface area contributed by atoms with Crippen molar-refractivity contribution in [3.05, 3.63) is 100 Å². The van der Waals surface area contributed by atoms with Crippen LogP contribution in [0.2, 0.25) is 0 Å². The van der Waals surface area contributed by atoms with E-state index in [-0.39, 0.29) is 17.4 Å². The van der Waals surface area contributed by atoms with Crippen LogP contribution in [0.5, 0.6) is 0 Å². The van der Waals surface area contributed by atoms with Crippen molar-refractivity contribution < 1.29 is 4.79 Å². The Labute approximate surface area is 167 Å². The van der Waals surface area contributed by atoms with Gasteiger partial charge in [-0.15, -0.1) is 0 Å². The smallest absolute Gasteiger partial charge is 0.265 e. The summed E-state index contributed by atoms with van der Waals surface area (Å²) in [7, 11) is 0. The van der Waals surface area contributed by atoms with E-state index in [1.54, 1.807) is 10.6 Å². The van der Waals surface area contributed by atoms with Crippen molar-refractivity contribution in [2.24, 2.45) is 0 Å². The minimum Gasteiger partial charge on any atom is -0.325 e. The van der Waals surface area contributed by atoms with E-state index in [2.05, 4.69) is 5.32 Å². The molecule has 4 aromatic rings. The molecule has 1 amide bonds. The normalized spacial score (nSPS) is 15.3. The first kappa shape index (κ1) is 17.4. The maximum Gasteiger partial charge on any atom is 0.265 e. The van der Waals surface area contributed by atoms with Gasteiger partial charge in [0.1, 0.15) is 5.82 Å². The van der Waals surface area contributed by atoms with Crippen LogP contribution in [0.25, 0.3) is 16.6 Å². The second kappa shape index (κ2) is 6.71. The van der Waals surface area contributed by atoms with Crippen LogP contribution in [-0.4, -0.2) is 15.5 Å². The summed E-state index contributed by atoms with van der Waals surface area (Å²) in [6, 6.07) is 22.8. The zero-order chi connectivity index (χ0) is 20.0. The SMILES string of the molecule is Cc1ccc(-n2c(C[C@@H]3C(=O)Nc4ccccc43)nc3ccccc3c2=O)cc1. The maximum atomic E-state index is 13.4. The molecule has 1 aliphatic heterocycles. The number of aryl methyl sites for hydroxylation is 1. The number of nitrogens with zero attached hydrogens (tertiary/aromatic N) is 2. The molecule has 0 radical (unpaired) electrons. The van der Waals surface area contributed by atoms with Gasteiger partial charge in [-0.2, -0.15) is 0 Å². The summed E-state index contributed by atoms with van der Waals surface area (Å²) < 4.78 is 1.63. The fourth-order valence-corrected chi connectivity index (χ4v) is 3.94. The monoisotopic (exact) mass is 381 g/mol. The van der Waals surface area contributed by atoms with E-state index in [1.807, 2.05) is 73.7 Å². The topological polar surface area (TPSA) is 64.0 Å². The molecule has 1 aliphatic rings. The maximum absolute atomic E-state index is 13.4. The van der Waals surface area contributed by atoms with Crippen LogP contribution in [-0.2, 0) is 11.2 Å². The number of rotatable bonds is 3. The third kappa shape index (κ3) is 2.91. The third-order valence-corrected chi connectivity index (χ3v) is 5.43. The predicted octanol–water partition coefficient (Wildman–Crippen LogP) is 3.97. The van der Waals surface area contributed by atoms with Gasteiger partial charge in [0, 0.05) is 12.1 Å². The molecule has 3 aromatic carbocycles. The van der Waals surface area contributed by atoms with Crippen molar-refractivity contribution in [1.29, 1.82) is 0 Å². The summed E-state index contributed by atoms with van der Waals surface area (Å²) in [5.41, 5.74) is 4.15. The number of para-hydroxylation sites is 2. The van der Waals surface area contributed by atoms with E-state index >= 15 is 0 Å². The molecule has 0 bridgehead atoms. The second-order valence-corrected chi connectivity index (χ2v) is 7.35. The highest BCUT2D eigenvalue weighted by atomic mass is 16.2. The first-order chi connectivity index (χ1) is 14.1. The molecule has 1 aromatic heterocycles. The largest absolute Gasteiger partial charge is 0.325 e. The van der Waals surface area contributed by atoms with Gasteiger partial charge >= 0.3 is 0 Å². The Morgan fingerprint density at radius 2 is 1.66 bits per heavy atom. The molecule has 0 aliphatic carbocycles. The number of hydrogen-bond acceptors (Lipinski definition) is 3. The number of anilines is 1. The summed E-state index contributed by atoms with van der Waals surface area (Å²) >= 11 is 0. The summed E-state index contributed by atoms with van der Waals surface area (Å²) in [6.45, 7) is 2.01. The van der Waals surface area contributed by atoms with Gasteiger partial charge in [-0.1, -0.05) is 48.0 Å². The minimum absolute atomic E-state index is 0.0657. The van der Waals surface area contributed by atoms with E-state index in [9.17, 15) is 9.59 Å². The molecule has 0 saturated heterocycles. The second-order valence-electron chi connectivity index (χ2n) is 7.35. The van der Waals surface area contributed by atoms with Crippen LogP contribution in [0, 0.1) is 6.92 Å². The zero-order valence-corrected chi connectivity index (χ0v) is 15.9. The molecule has 0 spiro atoms. The molecule has 1 N–H and O–H groups in total. The van der Waals surface area contributed by atoms with Gasteiger partial charge in [-0.25, -0.2) is 4.98 Å². The van der Waals surface area contributed by atoms with Gasteiger partial charge in [-0.3, -0.25) is 14.2 Å². The standard InChI is InChI=1S/C24H19N3O2/c1-15-10-12-16(13-11-15)27-22(25-21-9-5-3-7-18(21)24(27)29)14-19-17-6-2-4-8-20(17)26-23(19)28/h2-13,19H,14H2,1H3,(H,26,28)/t19-/m0/s1. The lowest BCUT2D eigenvalue weighted by atomic mass is 9.96. The first-order valence-electron chi connectivity index (χ1n) is 9.59. The van der Waals surface area contributed by atoms with Crippen LogP contribution in [0.4, 0.5) is 5.69 Å². The first-order valence-corrected chi connectivity index (χ1v) is 9.59. The van der Waals surface area contributed by atoms with Gasteiger partial charge < -0.3 is 5.32 Å². The molecule has 2 heterocycles. The molecule has 29 heavy (non-hydrogen) atoms. The van der Waals surface area contributed by atoms with Crippen LogP contribution in [0.1, 0.15) is 22.9 Å². The van der Waals surface area contributed by atoms with E-state index < -0.39 is 0 Å². The lowest BCUT2D eigenvalue weighted by molar-refractivity contribution is -0.117. The Bertz CT molecular complexity index is 1310. The molecule has 1 atom stereocenters.